The SMILES string of the molecule is COc1ccc(OC)c(NC(=O)CSc2nnc(COc3ccc(Cl)c(C)c3)n2C)c1. The van der Waals surface area contributed by atoms with Gasteiger partial charge in [0.15, 0.2) is 11.0 Å². The minimum absolute atomic E-state index is 0.156. The molecule has 3 rings (SSSR count). The Labute approximate surface area is 189 Å². The lowest BCUT2D eigenvalue weighted by Gasteiger charge is -2.11. The summed E-state index contributed by atoms with van der Waals surface area (Å²) in [5.74, 6) is 2.47. The normalized spacial score (nSPS) is 10.6. The van der Waals surface area contributed by atoms with E-state index in [1.807, 2.05) is 20.0 Å². The van der Waals surface area contributed by atoms with Gasteiger partial charge in [-0.25, -0.2) is 0 Å². The number of methoxy groups -OCH3 is 2. The molecule has 0 aliphatic rings. The number of amides is 1. The Balaban J connectivity index is 1.57. The van der Waals surface area contributed by atoms with Crippen LogP contribution < -0.4 is 19.5 Å². The second-order valence-electron chi connectivity index (χ2n) is 6.56. The molecule has 1 heterocycles. The summed E-state index contributed by atoms with van der Waals surface area (Å²) in [6.45, 7) is 2.16. The standard InChI is InChI=1S/C21H23ClN4O4S/c1-13-9-15(5-7-16(13)22)30-11-19-24-25-21(26(19)2)31-12-20(27)23-17-10-14(28-3)6-8-18(17)29-4/h5-10H,11-12H2,1-4H3,(H,23,27). The lowest BCUT2D eigenvalue weighted by atomic mass is 10.2. The van der Waals surface area contributed by atoms with Crippen molar-refractivity contribution in [3.8, 4) is 17.2 Å². The Morgan fingerprint density at radius 1 is 1.13 bits per heavy atom. The van der Waals surface area contributed by atoms with Gasteiger partial charge in [0, 0.05) is 18.1 Å². The van der Waals surface area contributed by atoms with Crippen molar-refractivity contribution in [2.75, 3.05) is 25.3 Å². The predicted molar refractivity (Wildman–Crippen MR) is 120 cm³/mol. The van der Waals surface area contributed by atoms with Crippen molar-refractivity contribution in [2.24, 2.45) is 7.05 Å². The summed E-state index contributed by atoms with van der Waals surface area (Å²) < 4.78 is 18.1. The van der Waals surface area contributed by atoms with Crippen molar-refractivity contribution in [3.05, 3.63) is 52.8 Å². The molecule has 1 N–H and O–H groups in total. The van der Waals surface area contributed by atoms with Gasteiger partial charge in [-0.3, -0.25) is 4.79 Å². The average molecular weight is 463 g/mol. The van der Waals surface area contributed by atoms with Gasteiger partial charge < -0.3 is 24.1 Å². The topological polar surface area (TPSA) is 87.5 Å². The Bertz CT molecular complexity index is 1070. The zero-order valence-corrected chi connectivity index (χ0v) is 19.2. The third kappa shape index (κ3) is 5.83. The Morgan fingerprint density at radius 3 is 2.61 bits per heavy atom. The number of carbonyl (C=O) groups is 1. The molecule has 164 valence electrons. The van der Waals surface area contributed by atoms with Crippen molar-refractivity contribution < 1.29 is 19.0 Å². The first-order chi connectivity index (χ1) is 14.9. The zero-order chi connectivity index (χ0) is 22.4. The highest BCUT2D eigenvalue weighted by Gasteiger charge is 2.14. The molecule has 2 aromatic carbocycles. The number of carbonyl (C=O) groups excluding carboxylic acids is 1. The largest absolute Gasteiger partial charge is 0.497 e. The van der Waals surface area contributed by atoms with Crippen molar-refractivity contribution in [1.82, 2.24) is 14.8 Å². The maximum atomic E-state index is 12.4. The van der Waals surface area contributed by atoms with Gasteiger partial charge in [-0.15, -0.1) is 10.2 Å². The summed E-state index contributed by atoms with van der Waals surface area (Å²) in [7, 11) is 4.94. The maximum absolute atomic E-state index is 12.4. The number of aryl methyl sites for hydroxylation is 1. The molecule has 0 spiro atoms. The summed E-state index contributed by atoms with van der Waals surface area (Å²) in [5, 5.41) is 12.4. The summed E-state index contributed by atoms with van der Waals surface area (Å²) in [4.78, 5) is 12.4. The highest BCUT2D eigenvalue weighted by Crippen LogP contribution is 2.29. The van der Waals surface area contributed by atoms with Gasteiger partial charge in [-0.2, -0.15) is 0 Å². The fourth-order valence-electron chi connectivity index (χ4n) is 2.68. The number of hydrogen-bond donors (Lipinski definition) is 1. The predicted octanol–water partition coefficient (Wildman–Crippen LogP) is 4.10. The summed E-state index contributed by atoms with van der Waals surface area (Å²) in [6, 6.07) is 10.7. The van der Waals surface area contributed by atoms with Crippen LogP contribution in [0.1, 0.15) is 11.4 Å². The third-order valence-electron chi connectivity index (χ3n) is 4.44. The van der Waals surface area contributed by atoms with Gasteiger partial charge in [0.1, 0.15) is 23.9 Å². The quantitative estimate of drug-likeness (QED) is 0.479. The van der Waals surface area contributed by atoms with E-state index in [-0.39, 0.29) is 18.3 Å². The fraction of sp³-hybridized carbons (Fsp3) is 0.286. The molecule has 0 aliphatic carbocycles. The summed E-state index contributed by atoms with van der Waals surface area (Å²) in [6.07, 6.45) is 0. The molecular formula is C21H23ClN4O4S. The average Bonchev–Trinajstić information content (AvgIpc) is 3.12. The van der Waals surface area contributed by atoms with E-state index in [0.29, 0.717) is 38.9 Å². The lowest BCUT2D eigenvalue weighted by Crippen LogP contribution is -2.15. The van der Waals surface area contributed by atoms with Crippen LogP contribution in [0.4, 0.5) is 5.69 Å². The van der Waals surface area contributed by atoms with Crippen molar-refractivity contribution in [3.63, 3.8) is 0 Å². The van der Waals surface area contributed by atoms with Crippen LogP contribution in [0, 0.1) is 6.92 Å². The van der Waals surface area contributed by atoms with Gasteiger partial charge in [0.05, 0.1) is 25.7 Å². The van der Waals surface area contributed by atoms with Crippen molar-refractivity contribution in [2.45, 2.75) is 18.7 Å². The number of ether oxygens (including phenoxy) is 3. The molecule has 3 aromatic rings. The molecule has 1 aromatic heterocycles. The summed E-state index contributed by atoms with van der Waals surface area (Å²) >= 11 is 7.32. The van der Waals surface area contributed by atoms with Crippen LogP contribution in [0.5, 0.6) is 17.2 Å². The van der Waals surface area contributed by atoms with Crippen LogP contribution in [0.2, 0.25) is 5.02 Å². The molecule has 0 unspecified atom stereocenters. The van der Waals surface area contributed by atoms with E-state index in [4.69, 9.17) is 25.8 Å². The van der Waals surface area contributed by atoms with Crippen LogP contribution >= 0.6 is 23.4 Å². The highest BCUT2D eigenvalue weighted by atomic mass is 35.5. The molecule has 0 aliphatic heterocycles. The van der Waals surface area contributed by atoms with E-state index in [1.54, 1.807) is 49.1 Å². The molecular weight excluding hydrogens is 440 g/mol. The minimum atomic E-state index is -0.200. The van der Waals surface area contributed by atoms with Crippen LogP contribution in [0.15, 0.2) is 41.6 Å². The number of benzene rings is 2. The van der Waals surface area contributed by atoms with Gasteiger partial charge in [-0.1, -0.05) is 23.4 Å². The molecule has 0 bridgehead atoms. The Kier molecular flexibility index (Phi) is 7.64. The number of rotatable bonds is 9. The van der Waals surface area contributed by atoms with E-state index < -0.39 is 0 Å². The summed E-state index contributed by atoms with van der Waals surface area (Å²) in [5.41, 5.74) is 1.48. The first-order valence-electron chi connectivity index (χ1n) is 9.33. The first-order valence-corrected chi connectivity index (χ1v) is 10.7. The van der Waals surface area contributed by atoms with Crippen molar-refractivity contribution >= 4 is 35.0 Å². The zero-order valence-electron chi connectivity index (χ0n) is 17.6. The van der Waals surface area contributed by atoms with E-state index in [1.165, 1.54) is 11.8 Å². The van der Waals surface area contributed by atoms with Crippen LogP contribution in [-0.4, -0.2) is 40.6 Å². The molecule has 0 saturated carbocycles. The van der Waals surface area contributed by atoms with Crippen LogP contribution in [0.3, 0.4) is 0 Å². The second-order valence-corrected chi connectivity index (χ2v) is 7.91. The molecule has 0 fully saturated rings. The highest BCUT2D eigenvalue weighted by molar-refractivity contribution is 7.99. The minimum Gasteiger partial charge on any atom is -0.497 e. The Hall–Kier alpha value is -2.91. The van der Waals surface area contributed by atoms with Crippen LogP contribution in [0.25, 0.3) is 0 Å². The number of thioether (sulfide) groups is 1. The van der Waals surface area contributed by atoms with Gasteiger partial charge in [0.2, 0.25) is 5.91 Å². The maximum Gasteiger partial charge on any atom is 0.234 e. The van der Waals surface area contributed by atoms with E-state index in [0.717, 1.165) is 5.56 Å². The fourth-order valence-corrected chi connectivity index (χ4v) is 3.53. The van der Waals surface area contributed by atoms with E-state index >= 15 is 0 Å². The lowest BCUT2D eigenvalue weighted by molar-refractivity contribution is -0.113. The number of hydrogen-bond acceptors (Lipinski definition) is 7. The van der Waals surface area contributed by atoms with Gasteiger partial charge in [0.25, 0.3) is 0 Å². The molecule has 0 saturated heterocycles. The molecule has 0 atom stereocenters. The van der Waals surface area contributed by atoms with Gasteiger partial charge in [-0.05, 0) is 42.8 Å². The first kappa shape index (κ1) is 22.8. The monoisotopic (exact) mass is 462 g/mol. The molecule has 8 nitrogen and oxygen atoms in total. The van der Waals surface area contributed by atoms with E-state index in [2.05, 4.69) is 15.5 Å². The molecule has 0 radical (unpaired) electrons. The third-order valence-corrected chi connectivity index (χ3v) is 5.88. The number of anilines is 1. The van der Waals surface area contributed by atoms with E-state index in [9.17, 15) is 4.79 Å². The second kappa shape index (κ2) is 10.4. The number of nitrogens with one attached hydrogen (secondary N) is 1. The van der Waals surface area contributed by atoms with Gasteiger partial charge >= 0.3 is 0 Å². The van der Waals surface area contributed by atoms with Crippen molar-refractivity contribution in [1.29, 1.82) is 0 Å². The molecule has 10 heteroatoms. The Morgan fingerprint density at radius 2 is 1.90 bits per heavy atom. The number of nitrogens with zero attached hydrogens (tertiary/aromatic N) is 3. The molecule has 31 heavy (non-hydrogen) atoms. The van der Waals surface area contributed by atoms with Crippen LogP contribution in [-0.2, 0) is 18.4 Å². The number of aromatic nitrogens is 3. The smallest absolute Gasteiger partial charge is 0.234 e. The number of halogens is 1. The molecule has 1 amide bonds.